The molecule has 1 aromatic heterocycles. The lowest BCUT2D eigenvalue weighted by Crippen LogP contribution is -2.55. The predicted molar refractivity (Wildman–Crippen MR) is 75.5 cm³/mol. The molecule has 2 amide bonds. The van der Waals surface area contributed by atoms with Crippen LogP contribution in [0.25, 0.3) is 0 Å². The molecule has 106 valence electrons. The summed E-state index contributed by atoms with van der Waals surface area (Å²) in [5.41, 5.74) is -0.0652. The van der Waals surface area contributed by atoms with Gasteiger partial charge in [0.1, 0.15) is 5.54 Å². The molecule has 0 aromatic carbocycles. The van der Waals surface area contributed by atoms with E-state index in [1.165, 1.54) is 25.8 Å². The molecule has 0 aliphatic carbocycles. The summed E-state index contributed by atoms with van der Waals surface area (Å²) >= 11 is 1.61. The lowest BCUT2D eigenvalue weighted by atomic mass is 10.0. The zero-order chi connectivity index (χ0) is 14.6. The normalized spacial score (nSPS) is 12.8. The Labute approximate surface area is 117 Å². The smallest absolute Gasteiger partial charge is 0.329 e. The lowest BCUT2D eigenvalue weighted by Gasteiger charge is -2.32. The summed E-state index contributed by atoms with van der Waals surface area (Å²) in [6.45, 7) is 4.90. The number of amides is 2. The van der Waals surface area contributed by atoms with Crippen LogP contribution in [0.3, 0.4) is 0 Å². The van der Waals surface area contributed by atoms with Gasteiger partial charge in [-0.05, 0) is 49.6 Å². The zero-order valence-corrected chi connectivity index (χ0v) is 12.5. The number of aliphatic carboxylic acids is 1. The van der Waals surface area contributed by atoms with Crippen molar-refractivity contribution in [3.63, 3.8) is 0 Å². The maximum atomic E-state index is 12.0. The molecule has 1 rings (SSSR count). The first-order chi connectivity index (χ1) is 8.75. The second kappa shape index (κ2) is 6.06. The minimum atomic E-state index is -1.23. The van der Waals surface area contributed by atoms with Crippen molar-refractivity contribution in [1.82, 2.24) is 10.2 Å². The molecular formula is C13H20N2O3S. The van der Waals surface area contributed by atoms with Gasteiger partial charge in [-0.3, -0.25) is 0 Å². The van der Waals surface area contributed by atoms with E-state index in [1.54, 1.807) is 11.3 Å². The minimum Gasteiger partial charge on any atom is -0.480 e. The molecule has 1 heterocycles. The standard InChI is InChI=1S/C13H20N2O3S/c1-9(7-10-5-6-19-8-10)14-12(18)15(4)13(2,3)11(16)17/h5-6,8-9H,7H2,1-4H3,(H,14,18)(H,16,17). The third-order valence-electron chi connectivity index (χ3n) is 3.16. The first-order valence-electron chi connectivity index (χ1n) is 6.04. The lowest BCUT2D eigenvalue weighted by molar-refractivity contribution is -0.146. The first kappa shape index (κ1) is 15.5. The van der Waals surface area contributed by atoms with Gasteiger partial charge >= 0.3 is 12.0 Å². The monoisotopic (exact) mass is 284 g/mol. The van der Waals surface area contributed by atoms with Crippen molar-refractivity contribution >= 4 is 23.3 Å². The van der Waals surface area contributed by atoms with Crippen LogP contribution >= 0.6 is 11.3 Å². The first-order valence-corrected chi connectivity index (χ1v) is 6.98. The predicted octanol–water partition coefficient (Wildman–Crippen LogP) is 2.18. The van der Waals surface area contributed by atoms with E-state index in [4.69, 9.17) is 5.11 Å². The molecule has 0 aliphatic heterocycles. The molecule has 0 saturated heterocycles. The Balaban J connectivity index is 2.57. The van der Waals surface area contributed by atoms with Crippen LogP contribution in [0.15, 0.2) is 16.8 Å². The fourth-order valence-electron chi connectivity index (χ4n) is 1.52. The summed E-state index contributed by atoms with van der Waals surface area (Å²) in [6.07, 6.45) is 0.733. The van der Waals surface area contributed by atoms with Gasteiger partial charge in [0.25, 0.3) is 0 Å². The van der Waals surface area contributed by atoms with E-state index in [0.29, 0.717) is 0 Å². The Bertz CT molecular complexity index is 443. The van der Waals surface area contributed by atoms with Crippen molar-refractivity contribution in [2.24, 2.45) is 0 Å². The summed E-state index contributed by atoms with van der Waals surface area (Å²) in [4.78, 5) is 24.3. The van der Waals surface area contributed by atoms with Crippen LogP contribution in [-0.2, 0) is 11.2 Å². The van der Waals surface area contributed by atoms with E-state index in [0.717, 1.165) is 12.0 Å². The Kier molecular flexibility index (Phi) is 4.94. The van der Waals surface area contributed by atoms with Gasteiger partial charge in [0.2, 0.25) is 0 Å². The highest BCUT2D eigenvalue weighted by molar-refractivity contribution is 7.07. The number of thiophene rings is 1. The number of nitrogens with one attached hydrogen (secondary N) is 1. The molecule has 0 saturated carbocycles. The van der Waals surface area contributed by atoms with Crippen LogP contribution in [0.4, 0.5) is 4.79 Å². The molecule has 19 heavy (non-hydrogen) atoms. The topological polar surface area (TPSA) is 69.6 Å². The second-order valence-electron chi connectivity index (χ2n) is 5.11. The third-order valence-corrected chi connectivity index (χ3v) is 3.89. The summed E-state index contributed by atoms with van der Waals surface area (Å²) in [5, 5.41) is 15.9. The Hall–Kier alpha value is -1.56. The number of carboxylic acid groups (broad SMARTS) is 1. The van der Waals surface area contributed by atoms with Gasteiger partial charge in [-0.2, -0.15) is 11.3 Å². The van der Waals surface area contributed by atoms with Gasteiger partial charge in [-0.25, -0.2) is 9.59 Å². The molecule has 0 aliphatic rings. The number of urea groups is 1. The maximum Gasteiger partial charge on any atom is 0.329 e. The number of rotatable bonds is 5. The average Bonchev–Trinajstić information content (AvgIpc) is 2.80. The Morgan fingerprint density at radius 2 is 2.16 bits per heavy atom. The van der Waals surface area contributed by atoms with Crippen LogP contribution in [0.5, 0.6) is 0 Å². The zero-order valence-electron chi connectivity index (χ0n) is 11.6. The summed E-state index contributed by atoms with van der Waals surface area (Å²) in [6, 6.07) is 1.59. The molecular weight excluding hydrogens is 264 g/mol. The number of likely N-dealkylation sites (N-methyl/N-ethyl adjacent to an activating group) is 1. The number of nitrogens with zero attached hydrogens (tertiary/aromatic N) is 1. The third kappa shape index (κ3) is 3.96. The fourth-order valence-corrected chi connectivity index (χ4v) is 2.20. The maximum absolute atomic E-state index is 12.0. The van der Waals surface area contributed by atoms with Crippen LogP contribution in [0.1, 0.15) is 26.3 Å². The highest BCUT2D eigenvalue weighted by Crippen LogP contribution is 2.13. The highest BCUT2D eigenvalue weighted by Gasteiger charge is 2.35. The Morgan fingerprint density at radius 1 is 1.53 bits per heavy atom. The number of hydrogen-bond acceptors (Lipinski definition) is 3. The van der Waals surface area contributed by atoms with Gasteiger partial charge in [-0.1, -0.05) is 0 Å². The van der Waals surface area contributed by atoms with Crippen LogP contribution in [0, 0.1) is 0 Å². The summed E-state index contributed by atoms with van der Waals surface area (Å²) in [5.74, 6) is -1.03. The number of carboxylic acids is 1. The van der Waals surface area contributed by atoms with Crippen molar-refractivity contribution in [2.45, 2.75) is 38.8 Å². The largest absolute Gasteiger partial charge is 0.480 e. The fraction of sp³-hybridized carbons (Fsp3) is 0.538. The molecule has 2 N–H and O–H groups in total. The van der Waals surface area contributed by atoms with Gasteiger partial charge in [0, 0.05) is 13.1 Å². The average molecular weight is 284 g/mol. The van der Waals surface area contributed by atoms with E-state index in [2.05, 4.69) is 5.32 Å². The van der Waals surface area contributed by atoms with E-state index >= 15 is 0 Å². The number of hydrogen-bond donors (Lipinski definition) is 2. The molecule has 5 nitrogen and oxygen atoms in total. The SMILES string of the molecule is CC(Cc1ccsc1)NC(=O)N(C)C(C)(C)C(=O)O. The van der Waals surface area contributed by atoms with Crippen LogP contribution < -0.4 is 5.32 Å². The molecule has 0 spiro atoms. The Morgan fingerprint density at radius 3 is 2.63 bits per heavy atom. The molecule has 1 aromatic rings. The van der Waals surface area contributed by atoms with Crippen molar-refractivity contribution < 1.29 is 14.7 Å². The van der Waals surface area contributed by atoms with Crippen molar-refractivity contribution in [3.8, 4) is 0 Å². The highest BCUT2D eigenvalue weighted by atomic mass is 32.1. The van der Waals surface area contributed by atoms with Gasteiger partial charge < -0.3 is 15.3 Å². The number of carbonyl (C=O) groups excluding carboxylic acids is 1. The quantitative estimate of drug-likeness (QED) is 0.870. The molecule has 0 radical (unpaired) electrons. The van der Waals surface area contributed by atoms with E-state index < -0.39 is 11.5 Å². The van der Waals surface area contributed by atoms with Crippen LogP contribution in [0.2, 0.25) is 0 Å². The molecule has 1 unspecified atom stereocenters. The molecule has 1 atom stereocenters. The van der Waals surface area contributed by atoms with Crippen LogP contribution in [-0.4, -0.2) is 40.6 Å². The van der Waals surface area contributed by atoms with E-state index in [9.17, 15) is 9.59 Å². The van der Waals surface area contributed by atoms with Crippen molar-refractivity contribution in [1.29, 1.82) is 0 Å². The molecule has 6 heteroatoms. The van der Waals surface area contributed by atoms with Gasteiger partial charge in [0.05, 0.1) is 0 Å². The minimum absolute atomic E-state index is 0.0471. The van der Waals surface area contributed by atoms with Gasteiger partial charge in [0.15, 0.2) is 0 Å². The second-order valence-corrected chi connectivity index (χ2v) is 5.89. The van der Waals surface area contributed by atoms with Crippen molar-refractivity contribution in [2.75, 3.05) is 7.05 Å². The molecule has 0 fully saturated rings. The summed E-state index contributed by atoms with van der Waals surface area (Å²) in [7, 11) is 1.49. The van der Waals surface area contributed by atoms with E-state index in [-0.39, 0.29) is 12.1 Å². The van der Waals surface area contributed by atoms with Crippen molar-refractivity contribution in [3.05, 3.63) is 22.4 Å². The molecule has 0 bridgehead atoms. The van der Waals surface area contributed by atoms with E-state index in [1.807, 2.05) is 23.8 Å². The summed E-state index contributed by atoms with van der Waals surface area (Å²) < 4.78 is 0. The number of carbonyl (C=O) groups is 2. The van der Waals surface area contributed by atoms with Gasteiger partial charge in [-0.15, -0.1) is 0 Å².